The normalized spacial score (nSPS) is 11.4. The molecule has 0 fully saturated rings. The quantitative estimate of drug-likeness (QED) is 0.531. The number of thiophene rings is 1. The molecule has 0 bridgehead atoms. The highest BCUT2D eigenvalue weighted by atomic mass is 32.2. The topological polar surface area (TPSA) is 78.5 Å². The molecule has 0 aliphatic heterocycles. The van der Waals surface area contributed by atoms with Gasteiger partial charge in [0.25, 0.3) is 10.0 Å². The van der Waals surface area contributed by atoms with Gasteiger partial charge in [-0.25, -0.2) is 8.42 Å². The molecule has 6 nitrogen and oxygen atoms in total. The fourth-order valence-electron chi connectivity index (χ4n) is 2.89. The molecule has 8 heteroatoms. The summed E-state index contributed by atoms with van der Waals surface area (Å²) in [6, 6.07) is 18.3. The Kier molecular flexibility index (Phi) is 7.25. The number of amides is 1. The Balaban J connectivity index is 1.50. The fraction of sp³-hybridized carbons (Fsp3) is 0.227. The van der Waals surface area contributed by atoms with Crippen LogP contribution in [0.3, 0.4) is 0 Å². The molecule has 2 N–H and O–H groups in total. The molecule has 30 heavy (non-hydrogen) atoms. The second-order valence-corrected chi connectivity index (χ2v) is 10.1. The van der Waals surface area contributed by atoms with E-state index in [1.54, 1.807) is 41.8 Å². The van der Waals surface area contributed by atoms with Crippen molar-refractivity contribution >= 4 is 33.0 Å². The van der Waals surface area contributed by atoms with Crippen molar-refractivity contribution in [1.29, 1.82) is 0 Å². The van der Waals surface area contributed by atoms with Crippen molar-refractivity contribution in [2.24, 2.45) is 0 Å². The summed E-state index contributed by atoms with van der Waals surface area (Å²) in [6.45, 7) is 1.35. The van der Waals surface area contributed by atoms with Crippen molar-refractivity contribution in [1.82, 2.24) is 10.2 Å². The van der Waals surface area contributed by atoms with E-state index in [1.807, 2.05) is 26.2 Å². The van der Waals surface area contributed by atoms with Crippen LogP contribution in [0.1, 0.15) is 16.7 Å². The number of nitrogens with one attached hydrogen (secondary N) is 2. The highest BCUT2D eigenvalue weighted by molar-refractivity contribution is 7.94. The van der Waals surface area contributed by atoms with E-state index < -0.39 is 10.0 Å². The van der Waals surface area contributed by atoms with Crippen molar-refractivity contribution in [2.45, 2.75) is 23.7 Å². The van der Waals surface area contributed by atoms with Gasteiger partial charge in [0, 0.05) is 18.8 Å². The van der Waals surface area contributed by atoms with Gasteiger partial charge in [-0.3, -0.25) is 9.52 Å². The molecule has 0 unspecified atom stereocenters. The summed E-state index contributed by atoms with van der Waals surface area (Å²) in [5, 5.41) is 4.64. The van der Waals surface area contributed by atoms with Crippen molar-refractivity contribution in [3.8, 4) is 0 Å². The average molecular weight is 444 g/mol. The molecule has 158 valence electrons. The summed E-state index contributed by atoms with van der Waals surface area (Å²) in [4.78, 5) is 14.3. The van der Waals surface area contributed by atoms with Gasteiger partial charge >= 0.3 is 0 Å². The molecule has 1 aromatic heterocycles. The van der Waals surface area contributed by atoms with E-state index >= 15 is 0 Å². The molecule has 3 rings (SSSR count). The van der Waals surface area contributed by atoms with Gasteiger partial charge in [-0.1, -0.05) is 42.5 Å². The van der Waals surface area contributed by atoms with E-state index in [0.29, 0.717) is 12.2 Å². The number of benzene rings is 2. The Bertz CT molecular complexity index is 1060. The average Bonchev–Trinajstić information content (AvgIpc) is 3.24. The number of hydrogen-bond donors (Lipinski definition) is 2. The van der Waals surface area contributed by atoms with Crippen molar-refractivity contribution < 1.29 is 13.2 Å². The van der Waals surface area contributed by atoms with Gasteiger partial charge in [-0.15, -0.1) is 11.3 Å². The van der Waals surface area contributed by atoms with E-state index in [1.165, 1.54) is 5.56 Å². The number of rotatable bonds is 9. The lowest BCUT2D eigenvalue weighted by molar-refractivity contribution is -0.120. The third kappa shape index (κ3) is 6.41. The van der Waals surface area contributed by atoms with E-state index in [4.69, 9.17) is 0 Å². The Hall–Kier alpha value is -2.68. The standard InChI is InChI=1S/C22H25N3O3S2/c1-25(2)16-19-7-5-18(6-8-19)15-23-21(26)14-17-9-11-20(12-10-17)24-30(27,28)22-4-3-13-29-22/h3-13,24H,14-16H2,1-2H3,(H,23,26). The van der Waals surface area contributed by atoms with Crippen LogP contribution in [0.4, 0.5) is 5.69 Å². The number of nitrogens with zero attached hydrogens (tertiary/aromatic N) is 1. The van der Waals surface area contributed by atoms with Gasteiger partial charge in [0.1, 0.15) is 4.21 Å². The van der Waals surface area contributed by atoms with Crippen LogP contribution in [-0.4, -0.2) is 33.3 Å². The van der Waals surface area contributed by atoms with Crippen molar-refractivity contribution in [3.05, 3.63) is 82.7 Å². The monoisotopic (exact) mass is 443 g/mol. The minimum Gasteiger partial charge on any atom is -0.352 e. The van der Waals surface area contributed by atoms with Crippen LogP contribution < -0.4 is 10.0 Å². The molecule has 3 aromatic rings. The summed E-state index contributed by atoms with van der Waals surface area (Å²) in [5.41, 5.74) is 3.55. The first-order chi connectivity index (χ1) is 14.3. The summed E-state index contributed by atoms with van der Waals surface area (Å²) in [7, 11) is 0.486. The van der Waals surface area contributed by atoms with E-state index in [0.717, 1.165) is 29.0 Å². The van der Waals surface area contributed by atoms with Crippen LogP contribution in [0, 0.1) is 0 Å². The number of carbonyl (C=O) groups is 1. The van der Waals surface area contributed by atoms with Crippen LogP contribution in [0.15, 0.2) is 70.3 Å². The Morgan fingerprint density at radius 2 is 1.57 bits per heavy atom. The lowest BCUT2D eigenvalue weighted by Gasteiger charge is -2.11. The predicted octanol–water partition coefficient (Wildman–Crippen LogP) is 3.47. The number of sulfonamides is 1. The minimum atomic E-state index is -3.57. The lowest BCUT2D eigenvalue weighted by atomic mass is 10.1. The van der Waals surface area contributed by atoms with Crippen molar-refractivity contribution in [3.63, 3.8) is 0 Å². The Labute approximate surface area is 181 Å². The molecule has 0 aliphatic carbocycles. The van der Waals surface area contributed by atoms with Crippen LogP contribution >= 0.6 is 11.3 Å². The van der Waals surface area contributed by atoms with Crippen LogP contribution in [-0.2, 0) is 34.3 Å². The zero-order valence-electron chi connectivity index (χ0n) is 17.0. The molecular formula is C22H25N3O3S2. The highest BCUT2D eigenvalue weighted by Gasteiger charge is 2.15. The van der Waals surface area contributed by atoms with Gasteiger partial charge in [-0.2, -0.15) is 0 Å². The summed E-state index contributed by atoms with van der Waals surface area (Å²) in [6.07, 6.45) is 0.233. The second-order valence-electron chi connectivity index (χ2n) is 7.24. The highest BCUT2D eigenvalue weighted by Crippen LogP contribution is 2.20. The third-order valence-electron chi connectivity index (χ3n) is 4.34. The van der Waals surface area contributed by atoms with Crippen LogP contribution in [0.5, 0.6) is 0 Å². The third-order valence-corrected chi connectivity index (χ3v) is 7.12. The molecule has 0 aliphatic rings. The molecule has 0 atom stereocenters. The van der Waals surface area contributed by atoms with E-state index in [2.05, 4.69) is 27.1 Å². The van der Waals surface area contributed by atoms with E-state index in [-0.39, 0.29) is 16.5 Å². The second kappa shape index (κ2) is 9.88. The van der Waals surface area contributed by atoms with Gasteiger partial charge < -0.3 is 10.2 Å². The summed E-state index contributed by atoms with van der Waals surface area (Å²) < 4.78 is 27.3. The SMILES string of the molecule is CN(C)Cc1ccc(CNC(=O)Cc2ccc(NS(=O)(=O)c3cccs3)cc2)cc1. The van der Waals surface area contributed by atoms with Crippen LogP contribution in [0.2, 0.25) is 0 Å². The molecular weight excluding hydrogens is 418 g/mol. The largest absolute Gasteiger partial charge is 0.352 e. The maximum Gasteiger partial charge on any atom is 0.271 e. The molecule has 0 saturated heterocycles. The molecule has 0 spiro atoms. The molecule has 0 saturated carbocycles. The smallest absolute Gasteiger partial charge is 0.271 e. The van der Waals surface area contributed by atoms with Gasteiger partial charge in [0.05, 0.1) is 6.42 Å². The Morgan fingerprint density at radius 1 is 0.933 bits per heavy atom. The number of carbonyl (C=O) groups excluding carboxylic acids is 1. The summed E-state index contributed by atoms with van der Waals surface area (Å²) in [5.74, 6) is -0.0840. The Morgan fingerprint density at radius 3 is 2.17 bits per heavy atom. The predicted molar refractivity (Wildman–Crippen MR) is 121 cm³/mol. The first-order valence-corrected chi connectivity index (χ1v) is 11.8. The molecule has 1 heterocycles. The molecule has 2 aromatic carbocycles. The first kappa shape index (κ1) is 22.0. The van der Waals surface area contributed by atoms with Gasteiger partial charge in [0.15, 0.2) is 0 Å². The number of anilines is 1. The van der Waals surface area contributed by atoms with Gasteiger partial charge in [0.2, 0.25) is 5.91 Å². The molecule has 0 radical (unpaired) electrons. The lowest BCUT2D eigenvalue weighted by Crippen LogP contribution is -2.24. The fourth-order valence-corrected chi connectivity index (χ4v) is 4.94. The summed E-state index contributed by atoms with van der Waals surface area (Å²) >= 11 is 1.16. The first-order valence-electron chi connectivity index (χ1n) is 9.46. The maximum atomic E-state index is 12.3. The van der Waals surface area contributed by atoms with Gasteiger partial charge in [-0.05, 0) is 54.4 Å². The zero-order valence-corrected chi connectivity index (χ0v) is 18.6. The minimum absolute atomic E-state index is 0.0840. The molecule has 1 amide bonds. The van der Waals surface area contributed by atoms with E-state index in [9.17, 15) is 13.2 Å². The van der Waals surface area contributed by atoms with Crippen LogP contribution in [0.25, 0.3) is 0 Å². The number of hydrogen-bond acceptors (Lipinski definition) is 5. The van der Waals surface area contributed by atoms with Crippen molar-refractivity contribution in [2.75, 3.05) is 18.8 Å². The zero-order chi connectivity index (χ0) is 21.6. The maximum absolute atomic E-state index is 12.3.